The number of rotatable bonds is 4. The zero-order valence-electron chi connectivity index (χ0n) is 13.9. The molecule has 124 valence electrons. The number of aryl methyl sites for hydroxylation is 1. The van der Waals surface area contributed by atoms with E-state index < -0.39 is 0 Å². The van der Waals surface area contributed by atoms with Crippen LogP contribution in [0.1, 0.15) is 35.7 Å². The quantitative estimate of drug-likeness (QED) is 0.939. The molecule has 1 aromatic heterocycles. The topological polar surface area (TPSA) is 67.2 Å². The van der Waals surface area contributed by atoms with E-state index in [4.69, 9.17) is 0 Å². The number of hydrogen-bond acceptors (Lipinski definition) is 3. The maximum absolute atomic E-state index is 12.5. The molecule has 24 heavy (non-hydrogen) atoms. The van der Waals surface area contributed by atoms with Gasteiger partial charge in [-0.05, 0) is 36.5 Å². The summed E-state index contributed by atoms with van der Waals surface area (Å²) in [4.78, 5) is 25.6. The highest BCUT2D eigenvalue weighted by Crippen LogP contribution is 2.34. The van der Waals surface area contributed by atoms with Crippen molar-refractivity contribution in [1.82, 2.24) is 14.7 Å². The Morgan fingerprint density at radius 3 is 2.83 bits per heavy atom. The molecule has 0 unspecified atom stereocenters. The molecule has 4 rings (SSSR count). The van der Waals surface area contributed by atoms with Gasteiger partial charge >= 0.3 is 0 Å². The summed E-state index contributed by atoms with van der Waals surface area (Å²) in [5, 5.41) is 7.00. The van der Waals surface area contributed by atoms with Crippen LogP contribution < -0.4 is 5.32 Å². The molecule has 0 saturated heterocycles. The minimum absolute atomic E-state index is 0.144. The summed E-state index contributed by atoms with van der Waals surface area (Å²) >= 11 is 0. The Labute approximate surface area is 140 Å². The van der Waals surface area contributed by atoms with Crippen molar-refractivity contribution < 1.29 is 9.59 Å². The highest BCUT2D eigenvalue weighted by Gasteiger charge is 2.32. The molecule has 0 bridgehead atoms. The molecule has 6 heteroatoms. The number of fused-ring (bicyclic) bond motifs is 1. The van der Waals surface area contributed by atoms with Gasteiger partial charge in [-0.2, -0.15) is 5.10 Å². The fraction of sp³-hybridized carbons (Fsp3) is 0.389. The highest BCUT2D eigenvalue weighted by atomic mass is 16.2. The summed E-state index contributed by atoms with van der Waals surface area (Å²) in [7, 11) is 1.85. The number of amides is 2. The molecule has 2 aromatic rings. The zero-order chi connectivity index (χ0) is 16.8. The monoisotopic (exact) mass is 324 g/mol. The second-order valence-electron chi connectivity index (χ2n) is 6.72. The molecule has 1 aliphatic heterocycles. The van der Waals surface area contributed by atoms with Crippen molar-refractivity contribution in [1.29, 1.82) is 0 Å². The first-order valence-corrected chi connectivity index (χ1v) is 8.25. The number of hydrogen-bond donors (Lipinski definition) is 1. The minimum atomic E-state index is -0.144. The number of anilines is 1. The normalized spacial score (nSPS) is 16.4. The summed E-state index contributed by atoms with van der Waals surface area (Å²) in [6, 6.07) is 7.77. The van der Waals surface area contributed by atoms with Crippen LogP contribution in [0.5, 0.6) is 0 Å². The summed E-state index contributed by atoms with van der Waals surface area (Å²) < 4.78 is 1.74. The van der Waals surface area contributed by atoms with Gasteiger partial charge in [-0.3, -0.25) is 14.3 Å². The van der Waals surface area contributed by atoms with E-state index in [1.54, 1.807) is 4.68 Å². The molecule has 2 amide bonds. The fourth-order valence-electron chi connectivity index (χ4n) is 3.28. The van der Waals surface area contributed by atoms with Crippen LogP contribution in [0.4, 0.5) is 5.82 Å². The number of aromatic nitrogens is 2. The SMILES string of the molecule is CC(=O)Nc1cc(-c2ccc3c(c2)CN(CC2CC2)C3=O)n(C)n1. The molecule has 1 aliphatic carbocycles. The first kappa shape index (κ1) is 14.9. The predicted octanol–water partition coefficient (Wildman–Crippen LogP) is 2.41. The first-order chi connectivity index (χ1) is 11.5. The van der Waals surface area contributed by atoms with E-state index in [0.717, 1.165) is 28.9 Å². The van der Waals surface area contributed by atoms with Crippen molar-refractivity contribution in [3.05, 3.63) is 35.4 Å². The van der Waals surface area contributed by atoms with Gasteiger partial charge < -0.3 is 10.2 Å². The Morgan fingerprint density at radius 1 is 1.33 bits per heavy atom. The number of nitrogens with one attached hydrogen (secondary N) is 1. The summed E-state index contributed by atoms with van der Waals surface area (Å²) in [6.07, 6.45) is 2.48. The van der Waals surface area contributed by atoms with Gasteiger partial charge in [0.1, 0.15) is 0 Å². The van der Waals surface area contributed by atoms with Crippen LogP contribution in [-0.4, -0.2) is 33.0 Å². The Bertz CT molecular complexity index is 836. The van der Waals surface area contributed by atoms with Gasteiger partial charge in [0.2, 0.25) is 5.91 Å². The lowest BCUT2D eigenvalue weighted by Crippen LogP contribution is -2.26. The van der Waals surface area contributed by atoms with Crippen LogP contribution in [0.2, 0.25) is 0 Å². The van der Waals surface area contributed by atoms with Gasteiger partial charge in [-0.25, -0.2) is 0 Å². The molecule has 0 atom stereocenters. The second kappa shape index (κ2) is 5.47. The highest BCUT2D eigenvalue weighted by molar-refractivity contribution is 5.99. The smallest absolute Gasteiger partial charge is 0.254 e. The van der Waals surface area contributed by atoms with Crippen LogP contribution in [0.3, 0.4) is 0 Å². The lowest BCUT2D eigenvalue weighted by atomic mass is 10.0. The Hall–Kier alpha value is -2.63. The standard InChI is InChI=1S/C18H20N4O2/c1-11(23)19-17-8-16(21(2)20-17)13-5-6-15-14(7-13)10-22(18(15)24)9-12-3-4-12/h5-8,12H,3-4,9-10H2,1-2H3,(H,19,20,23). The molecular weight excluding hydrogens is 304 g/mol. The molecule has 6 nitrogen and oxygen atoms in total. The van der Waals surface area contributed by atoms with Gasteiger partial charge in [0, 0.05) is 44.3 Å². The maximum atomic E-state index is 12.5. The Kier molecular flexibility index (Phi) is 3.40. The van der Waals surface area contributed by atoms with Gasteiger partial charge in [-0.1, -0.05) is 6.07 Å². The Morgan fingerprint density at radius 2 is 2.12 bits per heavy atom. The van der Waals surface area contributed by atoms with E-state index in [9.17, 15) is 9.59 Å². The van der Waals surface area contributed by atoms with E-state index in [-0.39, 0.29) is 11.8 Å². The van der Waals surface area contributed by atoms with Crippen LogP contribution in [-0.2, 0) is 18.4 Å². The van der Waals surface area contributed by atoms with E-state index in [1.807, 2.05) is 30.1 Å². The second-order valence-corrected chi connectivity index (χ2v) is 6.72. The number of benzene rings is 1. The van der Waals surface area contributed by atoms with Gasteiger partial charge in [0.05, 0.1) is 5.69 Å². The molecule has 2 aliphatic rings. The summed E-state index contributed by atoms with van der Waals surface area (Å²) in [6.45, 7) is 3.03. The molecule has 0 radical (unpaired) electrons. The average molecular weight is 324 g/mol. The fourth-order valence-corrected chi connectivity index (χ4v) is 3.28. The van der Waals surface area contributed by atoms with E-state index in [1.165, 1.54) is 19.8 Å². The third kappa shape index (κ3) is 2.68. The van der Waals surface area contributed by atoms with Gasteiger partial charge in [0.25, 0.3) is 5.91 Å². The first-order valence-electron chi connectivity index (χ1n) is 8.25. The maximum Gasteiger partial charge on any atom is 0.254 e. The molecular formula is C18H20N4O2. The molecule has 1 N–H and O–H groups in total. The van der Waals surface area contributed by atoms with Crippen LogP contribution in [0.15, 0.2) is 24.3 Å². The van der Waals surface area contributed by atoms with Crippen molar-refractivity contribution in [2.24, 2.45) is 13.0 Å². The van der Waals surface area contributed by atoms with Crippen LogP contribution in [0, 0.1) is 5.92 Å². The minimum Gasteiger partial charge on any atom is -0.334 e. The van der Waals surface area contributed by atoms with Crippen molar-refractivity contribution in [2.75, 3.05) is 11.9 Å². The molecule has 2 heterocycles. The Balaban J connectivity index is 1.61. The molecule has 1 aromatic carbocycles. The van der Waals surface area contributed by atoms with Crippen LogP contribution in [0.25, 0.3) is 11.3 Å². The van der Waals surface area contributed by atoms with E-state index in [0.29, 0.717) is 18.3 Å². The lowest BCUT2D eigenvalue weighted by molar-refractivity contribution is -0.114. The largest absolute Gasteiger partial charge is 0.334 e. The van der Waals surface area contributed by atoms with E-state index >= 15 is 0 Å². The van der Waals surface area contributed by atoms with Crippen molar-refractivity contribution >= 4 is 17.6 Å². The van der Waals surface area contributed by atoms with Gasteiger partial charge in [0.15, 0.2) is 5.82 Å². The third-order valence-corrected chi connectivity index (χ3v) is 4.64. The van der Waals surface area contributed by atoms with Crippen molar-refractivity contribution in [3.63, 3.8) is 0 Å². The number of carbonyl (C=O) groups is 2. The molecule has 0 spiro atoms. The third-order valence-electron chi connectivity index (χ3n) is 4.64. The summed E-state index contributed by atoms with van der Waals surface area (Å²) in [5.41, 5.74) is 3.79. The zero-order valence-corrected chi connectivity index (χ0v) is 13.9. The van der Waals surface area contributed by atoms with Crippen molar-refractivity contribution in [3.8, 4) is 11.3 Å². The number of carbonyl (C=O) groups excluding carboxylic acids is 2. The van der Waals surface area contributed by atoms with E-state index in [2.05, 4.69) is 16.5 Å². The predicted molar refractivity (Wildman–Crippen MR) is 90.4 cm³/mol. The molecule has 1 fully saturated rings. The summed E-state index contributed by atoms with van der Waals surface area (Å²) in [5.74, 6) is 1.23. The van der Waals surface area contributed by atoms with Crippen molar-refractivity contribution in [2.45, 2.75) is 26.3 Å². The molecule has 1 saturated carbocycles. The van der Waals surface area contributed by atoms with Gasteiger partial charge in [-0.15, -0.1) is 0 Å². The number of nitrogens with zero attached hydrogens (tertiary/aromatic N) is 3. The average Bonchev–Trinajstić information content (AvgIpc) is 3.19. The van der Waals surface area contributed by atoms with Crippen LogP contribution >= 0.6 is 0 Å². The lowest BCUT2D eigenvalue weighted by Gasteiger charge is -2.14.